The summed E-state index contributed by atoms with van der Waals surface area (Å²) in [5.74, 6) is 0.731. The van der Waals surface area contributed by atoms with Crippen LogP contribution in [0, 0.1) is 5.41 Å². The summed E-state index contributed by atoms with van der Waals surface area (Å²) >= 11 is 0. The molecule has 0 bridgehead atoms. The van der Waals surface area contributed by atoms with E-state index in [2.05, 4.69) is 23.8 Å². The summed E-state index contributed by atoms with van der Waals surface area (Å²) in [6.45, 7) is 4.13. The van der Waals surface area contributed by atoms with Gasteiger partial charge >= 0.3 is 0 Å². The van der Waals surface area contributed by atoms with Crippen LogP contribution in [0.4, 0.5) is 0 Å². The molecule has 0 spiro atoms. The van der Waals surface area contributed by atoms with Gasteiger partial charge in [-0.05, 0) is 18.3 Å². The third-order valence-electron chi connectivity index (χ3n) is 4.22. The number of nitrogens with zero attached hydrogens (tertiary/aromatic N) is 2. The van der Waals surface area contributed by atoms with E-state index in [1.54, 1.807) is 0 Å². The normalized spacial score (nSPS) is 25.9. The van der Waals surface area contributed by atoms with Crippen molar-refractivity contribution in [2.24, 2.45) is 5.41 Å². The molecule has 5 heteroatoms. The highest BCUT2D eigenvalue weighted by Crippen LogP contribution is 2.51. The largest absolute Gasteiger partial charge is 0.480 e. The molecule has 1 aromatic heterocycles. The highest BCUT2D eigenvalue weighted by molar-refractivity contribution is 5.30. The molecule has 0 saturated heterocycles. The predicted molar refractivity (Wildman–Crippen MR) is 71.3 cm³/mol. The first kappa shape index (κ1) is 14.1. The molecule has 1 heterocycles. The highest BCUT2D eigenvalue weighted by atomic mass is 16.5. The second-order valence-corrected chi connectivity index (χ2v) is 5.72. The van der Waals surface area contributed by atoms with Crippen LogP contribution in [0.25, 0.3) is 0 Å². The molecule has 5 nitrogen and oxygen atoms in total. The summed E-state index contributed by atoms with van der Waals surface area (Å²) in [5, 5.41) is 11.1. The van der Waals surface area contributed by atoms with Crippen molar-refractivity contribution in [2.45, 2.75) is 45.1 Å². The smallest absolute Gasteiger partial charge is 0.241 e. The van der Waals surface area contributed by atoms with Crippen molar-refractivity contribution in [3.63, 3.8) is 0 Å². The van der Waals surface area contributed by atoms with Crippen molar-refractivity contribution >= 4 is 0 Å². The van der Waals surface area contributed by atoms with E-state index in [9.17, 15) is 5.11 Å². The van der Waals surface area contributed by atoms with Crippen molar-refractivity contribution in [3.05, 3.63) is 11.9 Å². The first-order valence-electron chi connectivity index (χ1n) is 6.62. The van der Waals surface area contributed by atoms with Crippen molar-refractivity contribution in [2.75, 3.05) is 14.2 Å². The van der Waals surface area contributed by atoms with Gasteiger partial charge in [0.05, 0.1) is 20.4 Å². The number of methoxy groups -OCH3 is 2. The molecule has 0 amide bonds. The Hall–Kier alpha value is -1.36. The predicted octanol–water partition coefficient (Wildman–Crippen LogP) is 2.28. The average molecular weight is 266 g/mol. The summed E-state index contributed by atoms with van der Waals surface area (Å²) in [6, 6.07) is 0. The average Bonchev–Trinajstić information content (AvgIpc) is 2.41. The van der Waals surface area contributed by atoms with Crippen LogP contribution in [0.2, 0.25) is 0 Å². The third-order valence-corrected chi connectivity index (χ3v) is 4.22. The summed E-state index contributed by atoms with van der Waals surface area (Å²) in [7, 11) is 3.06. The molecule has 1 unspecified atom stereocenters. The van der Waals surface area contributed by atoms with Crippen LogP contribution in [0.5, 0.6) is 11.8 Å². The number of hydrogen-bond acceptors (Lipinski definition) is 5. The van der Waals surface area contributed by atoms with E-state index in [-0.39, 0.29) is 5.41 Å². The summed E-state index contributed by atoms with van der Waals surface area (Å²) in [4.78, 5) is 8.58. The lowest BCUT2D eigenvalue weighted by Crippen LogP contribution is -2.45. The zero-order valence-electron chi connectivity index (χ0n) is 12.1. The maximum atomic E-state index is 11.1. The zero-order chi connectivity index (χ0) is 14.1. The first-order valence-corrected chi connectivity index (χ1v) is 6.62. The Morgan fingerprint density at radius 1 is 1.16 bits per heavy atom. The quantitative estimate of drug-likeness (QED) is 0.909. The van der Waals surface area contributed by atoms with E-state index in [0.29, 0.717) is 23.9 Å². The second kappa shape index (κ2) is 4.96. The van der Waals surface area contributed by atoms with Gasteiger partial charge in [-0.15, -0.1) is 0 Å². The molecule has 1 atom stereocenters. The summed E-state index contributed by atoms with van der Waals surface area (Å²) in [5.41, 5.74) is -0.738. The fourth-order valence-electron chi connectivity index (χ4n) is 2.81. The van der Waals surface area contributed by atoms with Crippen LogP contribution in [-0.4, -0.2) is 29.3 Å². The van der Waals surface area contributed by atoms with Crippen molar-refractivity contribution in [3.8, 4) is 11.8 Å². The zero-order valence-corrected chi connectivity index (χ0v) is 12.1. The monoisotopic (exact) mass is 266 g/mol. The van der Waals surface area contributed by atoms with E-state index in [4.69, 9.17) is 9.47 Å². The molecule has 106 valence electrons. The fraction of sp³-hybridized carbons (Fsp3) is 0.714. The Bertz CT molecular complexity index is 462. The van der Waals surface area contributed by atoms with Gasteiger partial charge < -0.3 is 14.6 Å². The van der Waals surface area contributed by atoms with Gasteiger partial charge in [0.2, 0.25) is 11.8 Å². The minimum absolute atomic E-state index is 0.248. The number of aliphatic hydroxyl groups is 1. The van der Waals surface area contributed by atoms with Gasteiger partial charge in [-0.1, -0.05) is 26.7 Å². The second-order valence-electron chi connectivity index (χ2n) is 5.72. The van der Waals surface area contributed by atoms with Gasteiger partial charge in [-0.2, -0.15) is 4.98 Å². The van der Waals surface area contributed by atoms with Gasteiger partial charge in [-0.25, -0.2) is 4.98 Å². The van der Waals surface area contributed by atoms with Crippen LogP contribution >= 0.6 is 0 Å². The van der Waals surface area contributed by atoms with Gasteiger partial charge in [0.25, 0.3) is 0 Å². The van der Waals surface area contributed by atoms with E-state index in [0.717, 1.165) is 19.3 Å². The fourth-order valence-corrected chi connectivity index (χ4v) is 2.81. The number of rotatable bonds is 3. The molecule has 1 aliphatic rings. The third kappa shape index (κ3) is 2.27. The standard InChI is InChI=1S/C14H22N2O3/c1-13(2)7-5-6-8-14(13,17)11-12(19-4)16-10(18-3)9-15-11/h9,17H,5-8H2,1-4H3. The number of aromatic nitrogens is 2. The molecule has 19 heavy (non-hydrogen) atoms. The SMILES string of the molecule is COc1cnc(C2(O)CCCCC2(C)C)c(OC)n1. The molecule has 2 rings (SSSR count). The minimum atomic E-state index is -1.00. The summed E-state index contributed by atoms with van der Waals surface area (Å²) in [6.07, 6.45) is 5.27. The van der Waals surface area contributed by atoms with E-state index in [1.165, 1.54) is 20.4 Å². The van der Waals surface area contributed by atoms with Crippen molar-refractivity contribution in [1.82, 2.24) is 9.97 Å². The lowest BCUT2D eigenvalue weighted by atomic mass is 9.64. The molecule has 1 fully saturated rings. The highest BCUT2D eigenvalue weighted by Gasteiger charge is 2.49. The van der Waals surface area contributed by atoms with Crippen LogP contribution in [0.1, 0.15) is 45.2 Å². The molecule has 1 saturated carbocycles. The Balaban J connectivity index is 2.50. The van der Waals surface area contributed by atoms with E-state index < -0.39 is 5.60 Å². The lowest BCUT2D eigenvalue weighted by molar-refractivity contribution is -0.108. The van der Waals surface area contributed by atoms with Crippen molar-refractivity contribution in [1.29, 1.82) is 0 Å². The van der Waals surface area contributed by atoms with Gasteiger partial charge in [0.1, 0.15) is 11.3 Å². The first-order chi connectivity index (χ1) is 8.94. The topological polar surface area (TPSA) is 64.5 Å². The lowest BCUT2D eigenvalue weighted by Gasteiger charge is -2.46. The maximum absolute atomic E-state index is 11.1. The van der Waals surface area contributed by atoms with E-state index >= 15 is 0 Å². The van der Waals surface area contributed by atoms with Gasteiger partial charge in [-0.3, -0.25) is 0 Å². The van der Waals surface area contributed by atoms with Gasteiger partial charge in [0, 0.05) is 0 Å². The summed E-state index contributed by atoms with van der Waals surface area (Å²) < 4.78 is 10.3. The van der Waals surface area contributed by atoms with Crippen molar-refractivity contribution < 1.29 is 14.6 Å². The Labute approximate surface area is 114 Å². The molecule has 0 radical (unpaired) electrons. The van der Waals surface area contributed by atoms with E-state index in [1.807, 2.05) is 0 Å². The van der Waals surface area contributed by atoms with Crippen LogP contribution < -0.4 is 9.47 Å². The molecule has 0 aliphatic heterocycles. The maximum Gasteiger partial charge on any atom is 0.241 e. The number of hydrogen-bond donors (Lipinski definition) is 1. The Morgan fingerprint density at radius 3 is 2.42 bits per heavy atom. The molecule has 1 aromatic rings. The van der Waals surface area contributed by atoms with Crippen LogP contribution in [-0.2, 0) is 5.60 Å². The number of ether oxygens (including phenoxy) is 2. The molecular weight excluding hydrogens is 244 g/mol. The van der Waals surface area contributed by atoms with Crippen LogP contribution in [0.3, 0.4) is 0 Å². The minimum Gasteiger partial charge on any atom is -0.480 e. The molecule has 1 aliphatic carbocycles. The molecule has 1 N–H and O–H groups in total. The molecular formula is C14H22N2O3. The Morgan fingerprint density at radius 2 is 1.84 bits per heavy atom. The Kier molecular flexibility index (Phi) is 3.67. The van der Waals surface area contributed by atoms with Gasteiger partial charge in [0.15, 0.2) is 0 Å². The van der Waals surface area contributed by atoms with Crippen LogP contribution in [0.15, 0.2) is 6.20 Å². The molecule has 0 aromatic carbocycles.